The zero-order valence-corrected chi connectivity index (χ0v) is 11.0. The van der Waals surface area contributed by atoms with E-state index in [2.05, 4.69) is 49.5 Å². The van der Waals surface area contributed by atoms with Gasteiger partial charge in [0.25, 0.3) is 0 Å². The van der Waals surface area contributed by atoms with Gasteiger partial charge >= 0.3 is 0 Å². The van der Waals surface area contributed by atoms with E-state index in [1.54, 1.807) is 0 Å². The summed E-state index contributed by atoms with van der Waals surface area (Å²) in [4.78, 5) is 0. The highest BCUT2D eigenvalue weighted by molar-refractivity contribution is 5.46. The number of hydrogen-bond donors (Lipinski definition) is 2. The van der Waals surface area contributed by atoms with Gasteiger partial charge in [-0.05, 0) is 31.0 Å². The summed E-state index contributed by atoms with van der Waals surface area (Å²) in [5.41, 5.74) is 10.5. The lowest BCUT2D eigenvalue weighted by Crippen LogP contribution is -2.18. The van der Waals surface area contributed by atoms with E-state index >= 15 is 0 Å². The average molecular weight is 240 g/mol. The Hall–Kier alpha value is -1.80. The van der Waals surface area contributed by atoms with Crippen molar-refractivity contribution < 1.29 is 0 Å². The third-order valence-corrected chi connectivity index (χ3v) is 3.23. The Morgan fingerprint density at radius 3 is 2.39 bits per heavy atom. The fourth-order valence-electron chi connectivity index (χ4n) is 1.93. The van der Waals surface area contributed by atoms with E-state index in [4.69, 9.17) is 5.73 Å². The molecule has 2 nitrogen and oxygen atoms in total. The minimum atomic E-state index is 0.324. The minimum absolute atomic E-state index is 0.324. The van der Waals surface area contributed by atoms with Gasteiger partial charge < -0.3 is 11.1 Å². The highest BCUT2D eigenvalue weighted by Gasteiger charge is 2.05. The number of nitrogens with one attached hydrogen (secondary N) is 1. The summed E-state index contributed by atoms with van der Waals surface area (Å²) < 4.78 is 0. The van der Waals surface area contributed by atoms with Gasteiger partial charge in [-0.3, -0.25) is 0 Å². The molecule has 0 spiro atoms. The quantitative estimate of drug-likeness (QED) is 0.803. The predicted octanol–water partition coefficient (Wildman–Crippen LogP) is 3.43. The second-order valence-corrected chi connectivity index (χ2v) is 4.71. The van der Waals surface area contributed by atoms with Gasteiger partial charge in [0.15, 0.2) is 0 Å². The average Bonchev–Trinajstić information content (AvgIpc) is 2.38. The van der Waals surface area contributed by atoms with E-state index in [-0.39, 0.29) is 0 Å². The molecule has 3 N–H and O–H groups in total. The van der Waals surface area contributed by atoms with Crippen LogP contribution in [0.4, 0.5) is 5.69 Å². The Kier molecular flexibility index (Phi) is 4.00. The second kappa shape index (κ2) is 5.69. The summed E-state index contributed by atoms with van der Waals surface area (Å²) >= 11 is 0. The van der Waals surface area contributed by atoms with Crippen LogP contribution in [0.2, 0.25) is 0 Å². The lowest BCUT2D eigenvalue weighted by molar-refractivity contribution is 0.575. The van der Waals surface area contributed by atoms with Crippen molar-refractivity contribution in [2.24, 2.45) is 0 Å². The molecule has 0 aromatic heterocycles. The van der Waals surface area contributed by atoms with Crippen LogP contribution < -0.4 is 11.1 Å². The molecule has 0 saturated heterocycles. The smallest absolute Gasteiger partial charge is 0.0359 e. The maximum Gasteiger partial charge on any atom is 0.0359 e. The molecular weight excluding hydrogens is 220 g/mol. The van der Waals surface area contributed by atoms with Gasteiger partial charge in [0.2, 0.25) is 0 Å². The van der Waals surface area contributed by atoms with Crippen molar-refractivity contribution in [2.45, 2.75) is 26.4 Å². The molecule has 2 rings (SSSR count). The van der Waals surface area contributed by atoms with Crippen LogP contribution in [0.25, 0.3) is 0 Å². The van der Waals surface area contributed by atoms with Gasteiger partial charge in [0, 0.05) is 18.3 Å². The Morgan fingerprint density at radius 1 is 1.06 bits per heavy atom. The van der Waals surface area contributed by atoms with Crippen LogP contribution >= 0.6 is 0 Å². The number of nitrogens with two attached hydrogens (primary N) is 1. The first-order chi connectivity index (χ1) is 8.66. The van der Waals surface area contributed by atoms with E-state index in [0.717, 1.165) is 17.8 Å². The van der Waals surface area contributed by atoms with Gasteiger partial charge in [0.05, 0.1) is 0 Å². The first-order valence-electron chi connectivity index (χ1n) is 6.30. The summed E-state index contributed by atoms with van der Waals surface area (Å²) in [7, 11) is 0. The number of hydrogen-bond acceptors (Lipinski definition) is 2. The molecule has 18 heavy (non-hydrogen) atoms. The topological polar surface area (TPSA) is 38.0 Å². The third kappa shape index (κ3) is 3.11. The van der Waals surface area contributed by atoms with Gasteiger partial charge in [-0.1, -0.05) is 48.0 Å². The molecule has 0 amide bonds. The molecule has 0 fully saturated rings. The first kappa shape index (κ1) is 12.7. The van der Waals surface area contributed by atoms with Crippen molar-refractivity contribution in [1.82, 2.24) is 5.32 Å². The van der Waals surface area contributed by atoms with Crippen LogP contribution in [0.5, 0.6) is 0 Å². The standard InChI is InChI=1S/C16H20N2/c1-12-7-9-14(10-8-12)13(2)18-11-15-5-3-4-6-16(15)17/h3-10,13,18H,11,17H2,1-2H3/t13-/m0/s1. The SMILES string of the molecule is Cc1ccc([C@H](C)NCc2ccccc2N)cc1. The fourth-order valence-corrected chi connectivity index (χ4v) is 1.93. The largest absolute Gasteiger partial charge is 0.398 e. The van der Waals surface area contributed by atoms with Crippen molar-refractivity contribution in [2.75, 3.05) is 5.73 Å². The molecule has 0 saturated carbocycles. The summed E-state index contributed by atoms with van der Waals surface area (Å²) in [6.45, 7) is 5.07. The maximum atomic E-state index is 5.93. The van der Waals surface area contributed by atoms with Crippen LogP contribution in [0, 0.1) is 6.92 Å². The Bertz CT molecular complexity index is 503. The molecule has 0 unspecified atom stereocenters. The lowest BCUT2D eigenvalue weighted by Gasteiger charge is -2.15. The van der Waals surface area contributed by atoms with E-state index < -0.39 is 0 Å². The van der Waals surface area contributed by atoms with Gasteiger partial charge in [-0.2, -0.15) is 0 Å². The molecule has 94 valence electrons. The molecule has 2 aromatic rings. The summed E-state index contributed by atoms with van der Waals surface area (Å²) in [5.74, 6) is 0. The summed E-state index contributed by atoms with van der Waals surface area (Å²) in [5, 5.41) is 3.50. The molecule has 0 radical (unpaired) electrons. The summed E-state index contributed by atoms with van der Waals surface area (Å²) in [6, 6.07) is 16.9. The number of nitrogen functional groups attached to an aromatic ring is 1. The van der Waals surface area contributed by atoms with Gasteiger partial charge in [-0.25, -0.2) is 0 Å². The van der Waals surface area contributed by atoms with E-state index in [0.29, 0.717) is 6.04 Å². The number of benzene rings is 2. The fraction of sp³-hybridized carbons (Fsp3) is 0.250. The monoisotopic (exact) mass is 240 g/mol. The Balaban J connectivity index is 1.98. The lowest BCUT2D eigenvalue weighted by atomic mass is 10.1. The highest BCUT2D eigenvalue weighted by Crippen LogP contribution is 2.15. The molecule has 0 aliphatic heterocycles. The molecule has 0 heterocycles. The number of para-hydroxylation sites is 1. The Morgan fingerprint density at radius 2 is 1.72 bits per heavy atom. The van der Waals surface area contributed by atoms with Crippen molar-refractivity contribution in [3.63, 3.8) is 0 Å². The number of rotatable bonds is 4. The molecule has 0 aliphatic rings. The van der Waals surface area contributed by atoms with Gasteiger partial charge in [-0.15, -0.1) is 0 Å². The minimum Gasteiger partial charge on any atom is -0.398 e. The van der Waals surface area contributed by atoms with Crippen molar-refractivity contribution in [3.05, 3.63) is 65.2 Å². The molecule has 2 aromatic carbocycles. The molecule has 0 aliphatic carbocycles. The molecule has 1 atom stereocenters. The van der Waals surface area contributed by atoms with Crippen LogP contribution in [0.15, 0.2) is 48.5 Å². The van der Waals surface area contributed by atoms with E-state index in [1.165, 1.54) is 11.1 Å². The molecule has 2 heteroatoms. The zero-order valence-electron chi connectivity index (χ0n) is 11.0. The van der Waals surface area contributed by atoms with Crippen molar-refractivity contribution in [3.8, 4) is 0 Å². The van der Waals surface area contributed by atoms with Crippen molar-refractivity contribution in [1.29, 1.82) is 0 Å². The van der Waals surface area contributed by atoms with Crippen molar-refractivity contribution >= 4 is 5.69 Å². The Labute approximate surface area is 109 Å². The second-order valence-electron chi connectivity index (χ2n) is 4.71. The van der Waals surface area contributed by atoms with Crippen LogP contribution in [-0.2, 0) is 6.54 Å². The summed E-state index contributed by atoms with van der Waals surface area (Å²) in [6.07, 6.45) is 0. The molecular formula is C16H20N2. The predicted molar refractivity (Wildman–Crippen MR) is 77.3 cm³/mol. The zero-order chi connectivity index (χ0) is 13.0. The number of anilines is 1. The first-order valence-corrected chi connectivity index (χ1v) is 6.30. The van der Waals surface area contributed by atoms with Crippen LogP contribution in [0.3, 0.4) is 0 Å². The van der Waals surface area contributed by atoms with Gasteiger partial charge in [0.1, 0.15) is 0 Å². The highest BCUT2D eigenvalue weighted by atomic mass is 14.9. The van der Waals surface area contributed by atoms with E-state index in [1.807, 2.05) is 18.2 Å². The van der Waals surface area contributed by atoms with Crippen LogP contribution in [-0.4, -0.2) is 0 Å². The van der Waals surface area contributed by atoms with E-state index in [9.17, 15) is 0 Å². The third-order valence-electron chi connectivity index (χ3n) is 3.23. The normalized spacial score (nSPS) is 12.3. The number of aryl methyl sites for hydroxylation is 1. The van der Waals surface area contributed by atoms with Crippen LogP contribution in [0.1, 0.15) is 29.7 Å². The molecule has 0 bridgehead atoms. The maximum absolute atomic E-state index is 5.93.